The van der Waals surface area contributed by atoms with Crippen LogP contribution in [0.2, 0.25) is 0 Å². The first-order valence-corrected chi connectivity index (χ1v) is 14.1. The molecule has 0 amide bonds. The molecule has 0 fully saturated rings. The molecule has 0 saturated carbocycles. The van der Waals surface area contributed by atoms with Crippen LogP contribution in [-0.4, -0.2) is 48.0 Å². The third-order valence-corrected chi connectivity index (χ3v) is 10.7. The number of nitrogens with zero attached hydrogens (tertiary/aromatic N) is 2. The van der Waals surface area contributed by atoms with Crippen LogP contribution < -0.4 is 0 Å². The van der Waals surface area contributed by atoms with Gasteiger partial charge in [0.15, 0.2) is 0 Å². The number of rotatable bonds is 6. The Morgan fingerprint density at radius 1 is 0.559 bits per heavy atom. The van der Waals surface area contributed by atoms with Crippen LogP contribution in [0.5, 0.6) is 0 Å². The van der Waals surface area contributed by atoms with E-state index in [-0.39, 0.29) is 35.3 Å². The Bertz CT molecular complexity index is 403. The molecule has 0 rings (SSSR count). The maximum atomic E-state index is 9.75. The number of carbonyl (C=O) groups excluding carboxylic acids is 1. The summed E-state index contributed by atoms with van der Waals surface area (Å²) >= 11 is 0. The van der Waals surface area contributed by atoms with Crippen molar-refractivity contribution in [2.45, 2.75) is 131 Å². The Hall–Kier alpha value is -0.0817. The average Bonchev–Trinajstić information content (AvgIpc) is 2.54. The van der Waals surface area contributed by atoms with Gasteiger partial charge >= 0.3 is 26.7 Å². The van der Waals surface area contributed by atoms with Crippen molar-refractivity contribution in [1.82, 2.24) is 0 Å². The van der Waals surface area contributed by atoms with Crippen LogP contribution in [0, 0.1) is 22.7 Å². The fourth-order valence-electron chi connectivity index (χ4n) is 3.58. The van der Waals surface area contributed by atoms with Gasteiger partial charge in [0.1, 0.15) is 0 Å². The van der Waals surface area contributed by atoms with Crippen molar-refractivity contribution in [2.24, 2.45) is 0 Å². The molecule has 0 aromatic carbocycles. The first-order chi connectivity index (χ1) is 14.8. The number of nitriles is 2. The van der Waals surface area contributed by atoms with Gasteiger partial charge in [0.05, 0.1) is 12.1 Å². The molecular weight excluding hydrogens is 570 g/mol. The van der Waals surface area contributed by atoms with Crippen LogP contribution in [0.3, 0.4) is 0 Å². The van der Waals surface area contributed by atoms with E-state index >= 15 is 0 Å². The van der Waals surface area contributed by atoms with E-state index in [4.69, 9.17) is 15.3 Å². The van der Waals surface area contributed by atoms with E-state index in [9.17, 15) is 17.3 Å². The van der Waals surface area contributed by atoms with Crippen LogP contribution in [0.1, 0.15) is 96.9 Å². The number of hydrogen-bond donors (Lipinski definition) is 0. The zero-order valence-corrected chi connectivity index (χ0v) is 27.3. The Labute approximate surface area is 224 Å². The van der Waals surface area contributed by atoms with Crippen LogP contribution in [0.4, 0.5) is 17.3 Å². The average molecular weight is 619 g/mol. The van der Waals surface area contributed by atoms with Crippen LogP contribution in [0.25, 0.3) is 0 Å². The Kier molecular flexibility index (Phi) is 49.1. The van der Waals surface area contributed by atoms with Crippen molar-refractivity contribution in [3.05, 3.63) is 0 Å². The molecule has 34 heavy (non-hydrogen) atoms. The van der Waals surface area contributed by atoms with Gasteiger partial charge in [0.2, 0.25) is 0 Å². The third kappa shape index (κ3) is 53.3. The molecule has 0 aliphatic carbocycles. The Morgan fingerprint density at radius 2 is 0.618 bits per heavy atom. The SMILES string of the molecule is CC#N.CC#N.CC(C)P(C(C)C)C(C)C.CC(C)P(C(C)C)C(C)C.F[B-](F)(F)F.[C]=O.[RuH+]. The minimum atomic E-state index is -6.00. The monoisotopic (exact) mass is 620 g/mol. The van der Waals surface area contributed by atoms with Crippen molar-refractivity contribution < 1.29 is 41.5 Å². The van der Waals surface area contributed by atoms with E-state index in [0.29, 0.717) is 0 Å². The van der Waals surface area contributed by atoms with Crippen LogP contribution in [-0.2, 0) is 24.3 Å². The molecule has 0 saturated heterocycles. The summed E-state index contributed by atoms with van der Waals surface area (Å²) in [6.07, 6.45) is 0. The molecule has 0 aromatic rings. The predicted molar refractivity (Wildman–Crippen MR) is 145 cm³/mol. The van der Waals surface area contributed by atoms with Gasteiger partial charge in [-0.15, -0.1) is 0 Å². The standard InChI is InChI=1S/2C9H21P.2C2H3N.CO.BF4.Ru.H/c2*1-7(2)10(8(3)4)9(5)6;2*1-2-3;1-2;2-1(3,4)5;;/h2*7-9H,1-6H3;2*1H3;;;;/q;;;;;-1;+1;. The van der Waals surface area contributed by atoms with Gasteiger partial charge in [-0.1, -0.05) is 98.9 Å². The normalized spacial score (nSPS) is 9.76. The molecule has 0 bridgehead atoms. The molecule has 0 N–H and O–H groups in total. The number of hydrogen-bond acceptors (Lipinski definition) is 3. The molecule has 3 radical (unpaired) electrons. The van der Waals surface area contributed by atoms with E-state index in [2.05, 4.69) is 89.9 Å². The minimum absolute atomic E-state index is 0. The van der Waals surface area contributed by atoms with Crippen LogP contribution >= 0.6 is 15.8 Å². The van der Waals surface area contributed by atoms with Gasteiger partial charge in [0, 0.05) is 13.8 Å². The Morgan fingerprint density at radius 3 is 0.618 bits per heavy atom. The zero-order valence-electron chi connectivity index (χ0n) is 23.6. The fraction of sp³-hybridized carbons (Fsp3) is 0.870. The van der Waals surface area contributed by atoms with E-state index in [0.717, 1.165) is 34.0 Å². The molecule has 3 nitrogen and oxygen atoms in total. The summed E-state index contributed by atoms with van der Waals surface area (Å²) in [5.74, 6) is 0. The van der Waals surface area contributed by atoms with Gasteiger partial charge < -0.3 is 17.3 Å². The molecule has 0 aliphatic heterocycles. The summed E-state index contributed by atoms with van der Waals surface area (Å²) in [6.45, 7) is 35.6. The molecule has 11 heteroatoms. The van der Waals surface area contributed by atoms with Crippen molar-refractivity contribution in [1.29, 1.82) is 10.5 Å². The summed E-state index contributed by atoms with van der Waals surface area (Å²) in [5.41, 5.74) is 5.39. The van der Waals surface area contributed by atoms with Crippen molar-refractivity contribution in [3.8, 4) is 12.1 Å². The predicted octanol–water partition coefficient (Wildman–Crippen LogP) is 9.08. The molecule has 0 aromatic heterocycles. The second-order valence-electron chi connectivity index (χ2n) is 8.40. The molecule has 0 aliphatic rings. The van der Waals surface area contributed by atoms with E-state index in [1.165, 1.54) is 13.8 Å². The first kappa shape index (κ1) is 50.7. The van der Waals surface area contributed by atoms with Crippen LogP contribution in [0.15, 0.2) is 0 Å². The summed E-state index contributed by atoms with van der Waals surface area (Å²) in [5, 5.41) is 14.6. The van der Waals surface area contributed by atoms with Gasteiger partial charge in [-0.05, 0) is 34.0 Å². The zero-order chi connectivity index (χ0) is 28.5. The van der Waals surface area contributed by atoms with E-state index < -0.39 is 7.25 Å². The maximum absolute atomic E-state index is 9.75. The molecule has 0 spiro atoms. The van der Waals surface area contributed by atoms with E-state index in [1.807, 2.05) is 0 Å². The van der Waals surface area contributed by atoms with Gasteiger partial charge in [-0.3, -0.25) is 4.79 Å². The summed E-state index contributed by atoms with van der Waals surface area (Å²) < 4.78 is 39.0. The molecule has 0 unspecified atom stereocenters. The van der Waals surface area contributed by atoms with Gasteiger partial charge in [-0.2, -0.15) is 10.5 Å². The third-order valence-electron chi connectivity index (χ3n) is 3.58. The molecule has 0 heterocycles. The molecule has 0 atom stereocenters. The van der Waals surface area contributed by atoms with E-state index in [1.54, 1.807) is 12.1 Å². The summed E-state index contributed by atoms with van der Waals surface area (Å²) in [4.78, 5) is 7.50. The summed E-state index contributed by atoms with van der Waals surface area (Å²) in [7, 11) is -5.48. The second kappa shape index (κ2) is 32.9. The number of halogens is 4. The topological polar surface area (TPSA) is 64.7 Å². The van der Waals surface area contributed by atoms with Crippen molar-refractivity contribution in [2.75, 3.05) is 0 Å². The van der Waals surface area contributed by atoms with Gasteiger partial charge in [0.25, 0.3) is 6.79 Å². The van der Waals surface area contributed by atoms with Crippen molar-refractivity contribution in [3.63, 3.8) is 0 Å². The molecular formula is C23H49BF4N2OP2Ru. The molecule has 206 valence electrons. The summed E-state index contributed by atoms with van der Waals surface area (Å²) in [6, 6.07) is 3.50. The Balaban J connectivity index is -0.0000000566. The van der Waals surface area contributed by atoms with Gasteiger partial charge in [-0.25, -0.2) is 0 Å². The fourth-order valence-corrected chi connectivity index (χ4v) is 10.7. The first-order valence-electron chi connectivity index (χ1n) is 11.0. The van der Waals surface area contributed by atoms with Crippen molar-refractivity contribution >= 4 is 29.9 Å². The second-order valence-corrected chi connectivity index (χ2v) is 16.4. The quantitative estimate of drug-likeness (QED) is 0.169.